The van der Waals surface area contributed by atoms with Crippen LogP contribution >= 0.6 is 0 Å². The van der Waals surface area contributed by atoms with Crippen LogP contribution in [-0.4, -0.2) is 24.0 Å². The molecule has 2 heteroatoms. The molecule has 0 spiro atoms. The average Bonchev–Trinajstić information content (AvgIpc) is 1.82. The Morgan fingerprint density at radius 3 is 1.73 bits per heavy atom. The topological polar surface area (TPSA) is 20.2 Å². The Kier molecular flexibility index (Phi) is 3.72. The van der Waals surface area contributed by atoms with Gasteiger partial charge in [-0.3, -0.25) is 0 Å². The van der Waals surface area contributed by atoms with E-state index in [1.807, 2.05) is 32.9 Å². The zero-order chi connectivity index (χ0) is 7.72. The minimum absolute atomic E-state index is 0. The molecule has 0 radical (unpaired) electrons. The fraction of sp³-hybridized carbons (Fsp3) is 0.333. The third kappa shape index (κ3) is 2.29. The molecule has 0 heterocycles. The Bertz CT molecular complexity index is 233. The Labute approximate surface area is 79.6 Å². The molecule has 1 aromatic carbocycles. The first kappa shape index (κ1) is 10.6. The van der Waals surface area contributed by atoms with E-state index in [1.165, 1.54) is 5.56 Å². The fourth-order valence-electron chi connectivity index (χ4n) is 1.17. The first-order chi connectivity index (χ1) is 4.61. The molecule has 1 N–H and O–H groups in total. The molecule has 0 bridgehead atoms. The van der Waals surface area contributed by atoms with Gasteiger partial charge in [0.1, 0.15) is 5.75 Å². The summed E-state index contributed by atoms with van der Waals surface area (Å²) in [6, 6.07) is 3.95. The average molecular weight is 144 g/mol. The summed E-state index contributed by atoms with van der Waals surface area (Å²) >= 11 is 0. The van der Waals surface area contributed by atoms with Crippen LogP contribution in [0.3, 0.4) is 0 Å². The molecule has 0 aliphatic rings. The number of phenols is 1. The van der Waals surface area contributed by atoms with Gasteiger partial charge in [-0.05, 0) is 31.9 Å². The van der Waals surface area contributed by atoms with Crippen molar-refractivity contribution in [1.82, 2.24) is 0 Å². The summed E-state index contributed by atoms with van der Waals surface area (Å²) in [4.78, 5) is 0. The van der Waals surface area contributed by atoms with Crippen LogP contribution in [0.1, 0.15) is 16.7 Å². The summed E-state index contributed by atoms with van der Waals surface area (Å²) in [6.07, 6.45) is 0. The number of aryl methyl sites for hydroxylation is 3. The molecule has 0 aromatic heterocycles. The molecule has 1 nitrogen and oxygen atoms in total. The zero-order valence-corrected chi connectivity index (χ0v) is 6.60. The number of hydrogen-bond acceptors (Lipinski definition) is 1. The van der Waals surface area contributed by atoms with Crippen LogP contribution in [0.5, 0.6) is 5.75 Å². The standard InChI is InChI=1S/C9H12O.Li.H/c1-6-4-7(2)9(10)8(3)5-6;;/h4-5,10H,1-3H3;;. The second kappa shape index (κ2) is 3.85. The molecular formula is C9H13LiO. The van der Waals surface area contributed by atoms with Gasteiger partial charge in [0.15, 0.2) is 0 Å². The third-order valence-electron chi connectivity index (χ3n) is 1.64. The van der Waals surface area contributed by atoms with Gasteiger partial charge in [-0.2, -0.15) is 0 Å². The SMILES string of the molecule is Cc1cc(C)c(O)c(C)c1.[LiH]. The van der Waals surface area contributed by atoms with E-state index in [-0.39, 0.29) is 18.9 Å². The number of rotatable bonds is 0. The minimum atomic E-state index is 0. The van der Waals surface area contributed by atoms with Gasteiger partial charge < -0.3 is 5.11 Å². The van der Waals surface area contributed by atoms with Crippen molar-refractivity contribution in [2.24, 2.45) is 0 Å². The van der Waals surface area contributed by atoms with Crippen molar-refractivity contribution in [1.29, 1.82) is 0 Å². The second-order valence-electron chi connectivity index (χ2n) is 2.75. The Morgan fingerprint density at radius 2 is 1.36 bits per heavy atom. The molecule has 0 amide bonds. The monoisotopic (exact) mass is 144 g/mol. The van der Waals surface area contributed by atoms with Gasteiger partial charge in [0.05, 0.1) is 0 Å². The Morgan fingerprint density at radius 1 is 1.00 bits per heavy atom. The van der Waals surface area contributed by atoms with Crippen LogP contribution in [0.4, 0.5) is 0 Å². The molecule has 0 fully saturated rings. The summed E-state index contributed by atoms with van der Waals surface area (Å²) in [7, 11) is 0. The maximum atomic E-state index is 9.33. The normalized spacial score (nSPS) is 9.00. The van der Waals surface area contributed by atoms with Crippen molar-refractivity contribution in [2.75, 3.05) is 0 Å². The van der Waals surface area contributed by atoms with Gasteiger partial charge in [-0.1, -0.05) is 17.7 Å². The van der Waals surface area contributed by atoms with Crippen LogP contribution < -0.4 is 0 Å². The van der Waals surface area contributed by atoms with E-state index in [0.29, 0.717) is 5.75 Å². The first-order valence-corrected chi connectivity index (χ1v) is 3.38. The molecule has 0 saturated heterocycles. The van der Waals surface area contributed by atoms with Gasteiger partial charge in [0, 0.05) is 0 Å². The summed E-state index contributed by atoms with van der Waals surface area (Å²) in [5.41, 5.74) is 3.11. The predicted octanol–water partition coefficient (Wildman–Crippen LogP) is 1.67. The van der Waals surface area contributed by atoms with E-state index in [9.17, 15) is 5.11 Å². The van der Waals surface area contributed by atoms with E-state index in [0.717, 1.165) is 11.1 Å². The summed E-state index contributed by atoms with van der Waals surface area (Å²) in [5.74, 6) is 0.422. The van der Waals surface area contributed by atoms with Gasteiger partial charge in [-0.25, -0.2) is 0 Å². The zero-order valence-electron chi connectivity index (χ0n) is 6.60. The van der Waals surface area contributed by atoms with Crippen molar-refractivity contribution in [3.8, 4) is 5.75 Å². The number of aromatic hydroxyl groups is 1. The van der Waals surface area contributed by atoms with Crippen molar-refractivity contribution in [2.45, 2.75) is 20.8 Å². The number of phenolic OH excluding ortho intramolecular Hbond substituents is 1. The van der Waals surface area contributed by atoms with Crippen LogP contribution in [0.15, 0.2) is 12.1 Å². The van der Waals surface area contributed by atoms with Crippen LogP contribution in [0.2, 0.25) is 0 Å². The second-order valence-corrected chi connectivity index (χ2v) is 2.75. The molecule has 56 valence electrons. The molecular weight excluding hydrogens is 131 g/mol. The molecule has 0 unspecified atom stereocenters. The Balaban J connectivity index is 0.000001000. The van der Waals surface area contributed by atoms with E-state index < -0.39 is 0 Å². The summed E-state index contributed by atoms with van der Waals surface area (Å²) < 4.78 is 0. The van der Waals surface area contributed by atoms with E-state index >= 15 is 0 Å². The maximum absolute atomic E-state index is 9.33. The third-order valence-corrected chi connectivity index (χ3v) is 1.64. The first-order valence-electron chi connectivity index (χ1n) is 3.38. The van der Waals surface area contributed by atoms with Gasteiger partial charge in [-0.15, -0.1) is 0 Å². The van der Waals surface area contributed by atoms with Gasteiger partial charge in [0.25, 0.3) is 0 Å². The van der Waals surface area contributed by atoms with E-state index in [4.69, 9.17) is 0 Å². The van der Waals surface area contributed by atoms with E-state index in [2.05, 4.69) is 0 Å². The summed E-state index contributed by atoms with van der Waals surface area (Å²) in [6.45, 7) is 5.85. The molecule has 0 aliphatic heterocycles. The molecule has 11 heavy (non-hydrogen) atoms. The van der Waals surface area contributed by atoms with Crippen molar-refractivity contribution >= 4 is 18.9 Å². The molecule has 0 atom stereocenters. The van der Waals surface area contributed by atoms with Gasteiger partial charge in [0.2, 0.25) is 0 Å². The molecule has 0 aliphatic carbocycles. The molecule has 1 rings (SSSR count). The van der Waals surface area contributed by atoms with E-state index in [1.54, 1.807) is 0 Å². The fourth-order valence-corrected chi connectivity index (χ4v) is 1.17. The Hall–Kier alpha value is -0.383. The quantitative estimate of drug-likeness (QED) is 0.549. The van der Waals surface area contributed by atoms with Crippen LogP contribution in [-0.2, 0) is 0 Å². The van der Waals surface area contributed by atoms with Crippen LogP contribution in [0, 0.1) is 20.8 Å². The predicted molar refractivity (Wildman–Crippen MR) is 49.5 cm³/mol. The van der Waals surface area contributed by atoms with Gasteiger partial charge >= 0.3 is 18.9 Å². The number of benzene rings is 1. The molecule has 1 aromatic rings. The van der Waals surface area contributed by atoms with Crippen LogP contribution in [0.25, 0.3) is 0 Å². The van der Waals surface area contributed by atoms with Crippen molar-refractivity contribution in [3.05, 3.63) is 28.8 Å². The van der Waals surface area contributed by atoms with Crippen molar-refractivity contribution < 1.29 is 5.11 Å². The molecule has 0 saturated carbocycles. The van der Waals surface area contributed by atoms with Crippen molar-refractivity contribution in [3.63, 3.8) is 0 Å². The number of hydrogen-bond donors (Lipinski definition) is 1. The summed E-state index contributed by atoms with van der Waals surface area (Å²) in [5, 5.41) is 9.33.